The highest BCUT2D eigenvalue weighted by Gasteiger charge is 2.25. The van der Waals surface area contributed by atoms with E-state index in [1.54, 1.807) is 25.1 Å². The third-order valence-corrected chi connectivity index (χ3v) is 5.28. The highest BCUT2D eigenvalue weighted by molar-refractivity contribution is 8.00. The minimum Gasteiger partial charge on any atom is -0.319 e. The van der Waals surface area contributed by atoms with Crippen LogP contribution in [0.4, 0.5) is 15.8 Å². The lowest BCUT2D eigenvalue weighted by atomic mass is 10.1. The van der Waals surface area contributed by atoms with Gasteiger partial charge in [-0.25, -0.2) is 4.39 Å². The Morgan fingerprint density at radius 1 is 1.07 bits per heavy atom. The van der Waals surface area contributed by atoms with E-state index in [9.17, 15) is 19.3 Å². The quantitative estimate of drug-likeness (QED) is 0.339. The molecule has 5 nitrogen and oxygen atoms in total. The summed E-state index contributed by atoms with van der Waals surface area (Å²) in [5.74, 6) is -0.757. The summed E-state index contributed by atoms with van der Waals surface area (Å²) >= 11 is 1.25. The predicted molar refractivity (Wildman–Crippen MR) is 108 cm³/mol. The maximum Gasteiger partial charge on any atom is 0.293 e. The Labute approximate surface area is 165 Å². The molecule has 3 aromatic rings. The Hall–Kier alpha value is -3.19. The first-order valence-electron chi connectivity index (χ1n) is 8.47. The van der Waals surface area contributed by atoms with Gasteiger partial charge in [-0.05, 0) is 48.4 Å². The van der Waals surface area contributed by atoms with Gasteiger partial charge in [0.25, 0.3) is 5.69 Å². The Kier molecular flexibility index (Phi) is 6.06. The second-order valence-corrected chi connectivity index (χ2v) is 7.31. The number of hydrogen-bond donors (Lipinski definition) is 1. The summed E-state index contributed by atoms with van der Waals surface area (Å²) in [6, 6.07) is 19.6. The van der Waals surface area contributed by atoms with Crippen LogP contribution in [0, 0.1) is 22.9 Å². The molecule has 0 aliphatic rings. The van der Waals surface area contributed by atoms with Crippen LogP contribution in [-0.4, -0.2) is 10.8 Å². The molecule has 0 spiro atoms. The number of halogens is 1. The maximum absolute atomic E-state index is 13.2. The number of carbonyl (C=O) groups excluding carboxylic acids is 1. The summed E-state index contributed by atoms with van der Waals surface area (Å²) in [5.41, 5.74) is 1.45. The molecular formula is C21H17FN2O3S. The van der Waals surface area contributed by atoms with Gasteiger partial charge >= 0.3 is 0 Å². The summed E-state index contributed by atoms with van der Waals surface area (Å²) in [6.07, 6.45) is 0. The van der Waals surface area contributed by atoms with E-state index in [4.69, 9.17) is 0 Å². The van der Waals surface area contributed by atoms with Crippen LogP contribution < -0.4 is 5.32 Å². The smallest absolute Gasteiger partial charge is 0.293 e. The topological polar surface area (TPSA) is 72.2 Å². The van der Waals surface area contributed by atoms with Gasteiger partial charge in [0.15, 0.2) is 0 Å². The van der Waals surface area contributed by atoms with Crippen LogP contribution in [0.15, 0.2) is 77.7 Å². The van der Waals surface area contributed by atoms with Crippen molar-refractivity contribution in [1.82, 2.24) is 0 Å². The first kappa shape index (κ1) is 19.6. The van der Waals surface area contributed by atoms with Crippen molar-refractivity contribution in [3.8, 4) is 0 Å². The molecule has 1 atom stereocenters. The number of amides is 1. The number of nitrogens with one attached hydrogen (secondary N) is 1. The molecular weight excluding hydrogens is 379 g/mol. The van der Waals surface area contributed by atoms with Gasteiger partial charge in [0.05, 0.1) is 4.92 Å². The minimum absolute atomic E-state index is 0.140. The number of aryl methyl sites for hydroxylation is 1. The summed E-state index contributed by atoms with van der Waals surface area (Å²) in [4.78, 5) is 24.5. The molecule has 0 radical (unpaired) electrons. The average molecular weight is 396 g/mol. The number of benzene rings is 3. The number of hydrogen-bond acceptors (Lipinski definition) is 4. The van der Waals surface area contributed by atoms with Gasteiger partial charge in [0.2, 0.25) is 5.91 Å². The van der Waals surface area contributed by atoms with Crippen molar-refractivity contribution in [2.24, 2.45) is 0 Å². The largest absolute Gasteiger partial charge is 0.319 e. The molecule has 28 heavy (non-hydrogen) atoms. The fourth-order valence-corrected chi connectivity index (χ4v) is 3.67. The molecule has 0 heterocycles. The third kappa shape index (κ3) is 4.75. The predicted octanol–water partition coefficient (Wildman–Crippen LogP) is 5.51. The van der Waals surface area contributed by atoms with E-state index in [0.717, 1.165) is 11.1 Å². The van der Waals surface area contributed by atoms with E-state index in [-0.39, 0.29) is 17.2 Å². The molecule has 0 aliphatic heterocycles. The van der Waals surface area contributed by atoms with Crippen molar-refractivity contribution in [1.29, 1.82) is 0 Å². The summed E-state index contributed by atoms with van der Waals surface area (Å²) < 4.78 is 13.2. The highest BCUT2D eigenvalue weighted by Crippen LogP contribution is 2.37. The Bertz CT molecular complexity index is 994. The molecule has 0 bridgehead atoms. The molecule has 0 saturated carbocycles. The molecule has 1 amide bonds. The van der Waals surface area contributed by atoms with E-state index < -0.39 is 16.1 Å². The molecule has 1 N–H and O–H groups in total. The van der Waals surface area contributed by atoms with Crippen molar-refractivity contribution in [3.05, 3.63) is 99.9 Å². The van der Waals surface area contributed by atoms with Crippen LogP contribution in [0.3, 0.4) is 0 Å². The van der Waals surface area contributed by atoms with Crippen LogP contribution in [0.2, 0.25) is 0 Å². The number of rotatable bonds is 6. The van der Waals surface area contributed by atoms with Crippen LogP contribution in [0.5, 0.6) is 0 Å². The number of thioether (sulfide) groups is 1. The fraction of sp³-hybridized carbons (Fsp3) is 0.0952. The maximum atomic E-state index is 13.2. The number of anilines is 1. The van der Waals surface area contributed by atoms with E-state index in [0.29, 0.717) is 4.90 Å². The van der Waals surface area contributed by atoms with Gasteiger partial charge in [-0.3, -0.25) is 14.9 Å². The van der Waals surface area contributed by atoms with Crippen molar-refractivity contribution in [2.75, 3.05) is 5.32 Å². The Balaban J connectivity index is 1.91. The fourth-order valence-electron chi connectivity index (χ4n) is 2.65. The molecule has 142 valence electrons. The summed E-state index contributed by atoms with van der Waals surface area (Å²) in [7, 11) is 0. The monoisotopic (exact) mass is 396 g/mol. The second kappa shape index (κ2) is 8.67. The van der Waals surface area contributed by atoms with E-state index >= 15 is 0 Å². The lowest BCUT2D eigenvalue weighted by Crippen LogP contribution is -2.19. The Morgan fingerprint density at radius 3 is 2.39 bits per heavy atom. The van der Waals surface area contributed by atoms with Gasteiger partial charge in [-0.2, -0.15) is 0 Å². The normalized spacial score (nSPS) is 11.6. The van der Waals surface area contributed by atoms with E-state index in [1.807, 2.05) is 30.3 Å². The molecule has 3 aromatic carbocycles. The standard InChI is InChI=1S/C21H17FN2O3S/c1-14-7-12-18(19(13-14)24(26)27)23-21(25)20(15-5-3-2-4-6-15)28-17-10-8-16(22)9-11-17/h2-13,20H,1H3,(H,23,25)/t20-/m0/s1. The van der Waals surface area contributed by atoms with Crippen LogP contribution >= 0.6 is 11.8 Å². The van der Waals surface area contributed by atoms with E-state index in [1.165, 1.54) is 36.0 Å². The first-order chi connectivity index (χ1) is 13.4. The lowest BCUT2D eigenvalue weighted by Gasteiger charge is -2.17. The molecule has 0 fully saturated rings. The van der Waals surface area contributed by atoms with Crippen molar-refractivity contribution in [2.45, 2.75) is 17.1 Å². The third-order valence-electron chi connectivity index (χ3n) is 4.02. The first-order valence-corrected chi connectivity index (χ1v) is 9.35. The number of nitrogens with zero attached hydrogens (tertiary/aromatic N) is 1. The average Bonchev–Trinajstić information content (AvgIpc) is 2.69. The van der Waals surface area contributed by atoms with Crippen molar-refractivity contribution >= 4 is 29.0 Å². The van der Waals surface area contributed by atoms with Crippen LogP contribution in [-0.2, 0) is 4.79 Å². The zero-order valence-corrected chi connectivity index (χ0v) is 15.8. The SMILES string of the molecule is Cc1ccc(NC(=O)[C@@H](Sc2ccc(F)cc2)c2ccccc2)c([N+](=O)[O-])c1. The molecule has 7 heteroatoms. The molecule has 0 aliphatic carbocycles. The number of nitro groups is 1. The van der Waals surface area contributed by atoms with Crippen molar-refractivity contribution < 1.29 is 14.1 Å². The van der Waals surface area contributed by atoms with Crippen molar-refractivity contribution in [3.63, 3.8) is 0 Å². The van der Waals surface area contributed by atoms with Gasteiger partial charge in [0.1, 0.15) is 16.8 Å². The number of carbonyl (C=O) groups is 1. The van der Waals surface area contributed by atoms with Gasteiger partial charge in [-0.1, -0.05) is 36.4 Å². The second-order valence-electron chi connectivity index (χ2n) is 6.13. The van der Waals surface area contributed by atoms with Gasteiger partial charge in [0, 0.05) is 11.0 Å². The summed E-state index contributed by atoms with van der Waals surface area (Å²) in [6.45, 7) is 1.75. The Morgan fingerprint density at radius 2 is 1.75 bits per heavy atom. The molecule has 3 rings (SSSR count). The lowest BCUT2D eigenvalue weighted by molar-refractivity contribution is -0.384. The van der Waals surface area contributed by atoms with E-state index in [2.05, 4.69) is 5.32 Å². The highest BCUT2D eigenvalue weighted by atomic mass is 32.2. The minimum atomic E-state index is -0.660. The van der Waals surface area contributed by atoms with Gasteiger partial charge in [-0.15, -0.1) is 11.8 Å². The van der Waals surface area contributed by atoms with Crippen LogP contribution in [0.1, 0.15) is 16.4 Å². The van der Waals surface area contributed by atoms with Crippen LogP contribution in [0.25, 0.3) is 0 Å². The summed E-state index contributed by atoms with van der Waals surface area (Å²) in [5, 5.41) is 13.3. The molecule has 0 saturated heterocycles. The molecule has 0 unspecified atom stereocenters. The zero-order valence-electron chi connectivity index (χ0n) is 15.0. The van der Waals surface area contributed by atoms with Gasteiger partial charge < -0.3 is 5.32 Å². The molecule has 0 aromatic heterocycles. The zero-order chi connectivity index (χ0) is 20.1. The number of nitro benzene ring substituents is 1.